The van der Waals surface area contributed by atoms with E-state index in [0.717, 1.165) is 66.0 Å². The maximum absolute atomic E-state index is 13.9. The lowest BCUT2D eigenvalue weighted by Gasteiger charge is -2.28. The Balaban J connectivity index is 0.000000219. The number of likely N-dealkylation sites (N-methyl/N-ethyl adjacent to an activating group) is 1. The zero-order valence-corrected chi connectivity index (χ0v) is 45.3. The Labute approximate surface area is 436 Å². The number of hydrogen-bond donors (Lipinski definition) is 0. The number of benzene rings is 4. The molecule has 0 radical (unpaired) electrons. The van der Waals surface area contributed by atoms with Gasteiger partial charge in [0.25, 0.3) is 20.0 Å². The molecule has 18 nitrogen and oxygen atoms in total. The standard InChI is InChI=1S/C29H38N4O6S.C25H32N4O4S/c1-29(2,3)39-28(34)33-17-6-7-24(33)21-31-18-16-27(30-31)40(35,36)32(19-22-8-12-25(37-4)13-9-22)20-23-10-14-26(38-5)15-11-23;1-27-15-4-5-22(27)19-28-16-14-25(26-28)34(30,31)29(17-20-6-10-23(32-2)11-7-20)18-21-8-12-24(33-3)13-9-21/h8-16,18,24H,6-7,17,19-21H2,1-5H3;6-14,16,22H,4-5,15,17-19H2,1-3H3/t24-;22-/m11/s1. The molecule has 2 aliphatic heterocycles. The van der Waals surface area contributed by atoms with Crippen molar-refractivity contribution in [1.82, 2.24) is 38.0 Å². The molecule has 2 aromatic heterocycles. The van der Waals surface area contributed by atoms with Crippen molar-refractivity contribution in [3.8, 4) is 23.0 Å². The fourth-order valence-electron chi connectivity index (χ4n) is 8.85. The predicted molar refractivity (Wildman–Crippen MR) is 281 cm³/mol. The first-order valence-corrected chi connectivity index (χ1v) is 27.5. The van der Waals surface area contributed by atoms with Crippen LogP contribution in [0.2, 0.25) is 0 Å². The zero-order valence-electron chi connectivity index (χ0n) is 43.7. The van der Waals surface area contributed by atoms with Crippen LogP contribution in [-0.4, -0.2) is 127 Å². The highest BCUT2D eigenvalue weighted by Crippen LogP contribution is 2.27. The second kappa shape index (κ2) is 24.7. The largest absolute Gasteiger partial charge is 0.497 e. The van der Waals surface area contributed by atoms with Crippen LogP contribution in [0.1, 0.15) is 68.7 Å². The molecule has 8 rings (SSSR count). The van der Waals surface area contributed by atoms with Crippen LogP contribution in [0.15, 0.2) is 132 Å². The van der Waals surface area contributed by atoms with E-state index in [4.69, 9.17) is 23.7 Å². The Hall–Kier alpha value is -6.45. The first-order chi connectivity index (χ1) is 35.4. The Morgan fingerprint density at radius 2 is 0.878 bits per heavy atom. The maximum Gasteiger partial charge on any atom is 0.410 e. The van der Waals surface area contributed by atoms with E-state index in [-0.39, 0.29) is 48.4 Å². The van der Waals surface area contributed by atoms with Crippen LogP contribution in [-0.2, 0) is 64.1 Å². The lowest BCUT2D eigenvalue weighted by molar-refractivity contribution is 0.0211. The Morgan fingerprint density at radius 3 is 1.20 bits per heavy atom. The van der Waals surface area contributed by atoms with Crippen molar-refractivity contribution in [3.05, 3.63) is 144 Å². The van der Waals surface area contributed by atoms with Crippen molar-refractivity contribution in [2.24, 2.45) is 0 Å². The molecule has 6 aromatic rings. The summed E-state index contributed by atoms with van der Waals surface area (Å²) in [6.07, 6.45) is 6.95. The van der Waals surface area contributed by atoms with E-state index in [0.29, 0.717) is 37.2 Å². The molecule has 0 spiro atoms. The van der Waals surface area contributed by atoms with E-state index in [1.165, 1.54) is 14.7 Å². The van der Waals surface area contributed by atoms with Crippen molar-refractivity contribution >= 4 is 26.1 Å². The van der Waals surface area contributed by atoms with Gasteiger partial charge in [-0.2, -0.15) is 18.8 Å². The molecule has 2 saturated heterocycles. The number of methoxy groups -OCH3 is 4. The van der Waals surface area contributed by atoms with Gasteiger partial charge < -0.3 is 33.5 Å². The molecule has 2 fully saturated rings. The third-order valence-electron chi connectivity index (χ3n) is 13.0. The van der Waals surface area contributed by atoms with Gasteiger partial charge in [0.05, 0.1) is 47.6 Å². The van der Waals surface area contributed by atoms with Gasteiger partial charge in [-0.05, 0) is 143 Å². The highest BCUT2D eigenvalue weighted by atomic mass is 32.2. The summed E-state index contributed by atoms with van der Waals surface area (Å²) in [5.41, 5.74) is 2.77. The van der Waals surface area contributed by atoms with Crippen molar-refractivity contribution in [3.63, 3.8) is 0 Å². The minimum Gasteiger partial charge on any atom is -0.497 e. The Bertz CT molecular complexity index is 2860. The number of carbonyl (C=O) groups excluding carboxylic acids is 1. The lowest BCUT2D eigenvalue weighted by Crippen LogP contribution is -2.41. The summed E-state index contributed by atoms with van der Waals surface area (Å²) in [5, 5.41) is 8.92. The third-order valence-corrected chi connectivity index (χ3v) is 16.4. The van der Waals surface area contributed by atoms with E-state index in [2.05, 4.69) is 22.1 Å². The molecule has 2 atom stereocenters. The topological polar surface area (TPSA) is 180 Å². The molecule has 74 heavy (non-hydrogen) atoms. The number of likely N-dealkylation sites (tertiary alicyclic amines) is 2. The molecule has 0 bridgehead atoms. The monoisotopic (exact) mass is 1050 g/mol. The minimum atomic E-state index is -3.96. The predicted octanol–water partition coefficient (Wildman–Crippen LogP) is 8.08. The summed E-state index contributed by atoms with van der Waals surface area (Å²) in [4.78, 5) is 16.7. The average molecular weight is 1060 g/mol. The van der Waals surface area contributed by atoms with Crippen LogP contribution in [0.5, 0.6) is 23.0 Å². The number of rotatable bonds is 20. The van der Waals surface area contributed by atoms with E-state index in [1.807, 2.05) is 93.6 Å². The molecular formula is C54H70N8O10S2. The minimum absolute atomic E-state index is 0.0451. The summed E-state index contributed by atoms with van der Waals surface area (Å²) in [5.74, 6) is 2.84. The van der Waals surface area contributed by atoms with Gasteiger partial charge in [0.15, 0.2) is 10.1 Å². The van der Waals surface area contributed by atoms with Crippen molar-refractivity contribution < 1.29 is 45.3 Å². The lowest BCUT2D eigenvalue weighted by atomic mass is 10.2. The zero-order chi connectivity index (χ0) is 53.0. The first kappa shape index (κ1) is 55.3. The molecule has 4 aromatic carbocycles. The van der Waals surface area contributed by atoms with E-state index in [9.17, 15) is 21.6 Å². The highest BCUT2D eigenvalue weighted by molar-refractivity contribution is 7.89. The molecule has 4 heterocycles. The van der Waals surface area contributed by atoms with Gasteiger partial charge in [0.2, 0.25) is 0 Å². The van der Waals surface area contributed by atoms with E-state index in [1.54, 1.807) is 85.4 Å². The smallest absolute Gasteiger partial charge is 0.410 e. The van der Waals surface area contributed by atoms with Crippen LogP contribution in [0.4, 0.5) is 4.79 Å². The van der Waals surface area contributed by atoms with Gasteiger partial charge in [-0.3, -0.25) is 9.36 Å². The number of aromatic nitrogens is 4. The number of carbonyl (C=O) groups is 1. The normalized spacial score (nSPS) is 16.3. The van der Waals surface area contributed by atoms with Crippen LogP contribution >= 0.6 is 0 Å². The molecule has 1 amide bonds. The number of sulfonamides is 2. The molecule has 0 N–H and O–H groups in total. The summed E-state index contributed by atoms with van der Waals surface area (Å²) in [7, 11) is 0.697. The van der Waals surface area contributed by atoms with Crippen molar-refractivity contribution in [2.45, 2.75) is 113 Å². The molecule has 2 aliphatic rings. The van der Waals surface area contributed by atoms with Crippen molar-refractivity contribution in [2.75, 3.05) is 48.6 Å². The van der Waals surface area contributed by atoms with Crippen molar-refractivity contribution in [1.29, 1.82) is 0 Å². The maximum atomic E-state index is 13.9. The van der Waals surface area contributed by atoms with E-state index >= 15 is 0 Å². The second-order valence-corrected chi connectivity index (χ2v) is 23.2. The number of nitrogens with zero attached hydrogens (tertiary/aromatic N) is 8. The molecule has 0 aliphatic carbocycles. The first-order valence-electron chi connectivity index (χ1n) is 24.7. The summed E-state index contributed by atoms with van der Waals surface area (Å²) < 4.78 is 87.9. The van der Waals surface area contributed by atoms with Gasteiger partial charge in [-0.1, -0.05) is 48.5 Å². The molecular weight excluding hydrogens is 985 g/mol. The number of ether oxygens (including phenoxy) is 5. The van der Waals surface area contributed by atoms with Crippen LogP contribution in [0.3, 0.4) is 0 Å². The summed E-state index contributed by atoms with van der Waals surface area (Å²) in [6.45, 7) is 8.99. The Kier molecular flexibility index (Phi) is 18.5. The highest BCUT2D eigenvalue weighted by Gasteiger charge is 2.34. The summed E-state index contributed by atoms with van der Waals surface area (Å²) >= 11 is 0. The average Bonchev–Trinajstić information content (AvgIpc) is 4.24. The molecule has 20 heteroatoms. The second-order valence-electron chi connectivity index (χ2n) is 19.4. The van der Waals surface area contributed by atoms with Gasteiger partial charge >= 0.3 is 6.09 Å². The van der Waals surface area contributed by atoms with Gasteiger partial charge in [0.1, 0.15) is 28.6 Å². The summed E-state index contributed by atoms with van der Waals surface area (Å²) in [6, 6.07) is 32.8. The quantitative estimate of drug-likeness (QED) is 0.0717. The Morgan fingerprint density at radius 1 is 0.541 bits per heavy atom. The number of amides is 1. The van der Waals surface area contributed by atoms with Crippen LogP contribution < -0.4 is 18.9 Å². The molecule has 0 saturated carbocycles. The van der Waals surface area contributed by atoms with Crippen LogP contribution in [0.25, 0.3) is 0 Å². The molecule has 398 valence electrons. The van der Waals surface area contributed by atoms with E-state index < -0.39 is 25.6 Å². The SMILES string of the molecule is COc1ccc(CN(Cc2ccc(OC)cc2)S(=O)(=O)c2ccn(C[C@H]3CCCN3C(=O)OC(C)(C)C)n2)cc1.COc1ccc(CN(Cc2ccc(OC)cc2)S(=O)(=O)c2ccn(C[C@H]3CCCN3C)n2)cc1. The fraction of sp³-hybridized carbons (Fsp3) is 0.426. The number of hydrogen-bond acceptors (Lipinski definition) is 13. The van der Waals surface area contributed by atoms with Gasteiger partial charge in [-0.15, -0.1) is 0 Å². The van der Waals surface area contributed by atoms with Gasteiger partial charge in [0, 0.05) is 51.2 Å². The fourth-order valence-corrected chi connectivity index (χ4v) is 11.5. The molecule has 0 unspecified atom stereocenters. The van der Waals surface area contributed by atoms with Crippen LogP contribution in [0, 0.1) is 0 Å². The van der Waals surface area contributed by atoms with Gasteiger partial charge in [-0.25, -0.2) is 21.6 Å². The third kappa shape index (κ3) is 14.6.